The number of rotatable bonds is 6. The molecule has 54 heavy (non-hydrogen) atoms. The van der Waals surface area contributed by atoms with Crippen LogP contribution < -0.4 is 4.90 Å². The summed E-state index contributed by atoms with van der Waals surface area (Å²) in [5.41, 5.74) is 15.9. The first-order chi connectivity index (χ1) is 26.5. The molecule has 0 bridgehead atoms. The molecule has 0 heterocycles. The van der Waals surface area contributed by atoms with Crippen molar-refractivity contribution in [3.05, 3.63) is 211 Å². The molecule has 1 nitrogen and oxygen atoms in total. The lowest BCUT2D eigenvalue weighted by Gasteiger charge is -2.30. The molecule has 256 valence electrons. The van der Waals surface area contributed by atoms with Crippen LogP contribution in [0.3, 0.4) is 0 Å². The molecule has 1 aliphatic carbocycles. The third-order valence-corrected chi connectivity index (χ3v) is 11.4. The smallest absolute Gasteiger partial charge is 0.0546 e. The second-order valence-electron chi connectivity index (χ2n) is 14.9. The Bertz CT molecular complexity index is 2830. The van der Waals surface area contributed by atoms with Gasteiger partial charge in [-0.05, 0) is 108 Å². The molecule has 1 heteroatoms. The number of anilines is 3. The van der Waals surface area contributed by atoms with E-state index in [1.807, 2.05) is 0 Å². The Kier molecular flexibility index (Phi) is 7.56. The van der Waals surface area contributed by atoms with Crippen molar-refractivity contribution in [3.63, 3.8) is 0 Å². The van der Waals surface area contributed by atoms with E-state index >= 15 is 0 Å². The van der Waals surface area contributed by atoms with Crippen LogP contribution in [0.25, 0.3) is 66.1 Å². The monoisotopic (exact) mass is 689 g/mol. The van der Waals surface area contributed by atoms with Crippen molar-refractivity contribution in [1.29, 1.82) is 0 Å². The highest BCUT2D eigenvalue weighted by Gasteiger charge is 2.38. The van der Waals surface area contributed by atoms with E-state index in [9.17, 15) is 0 Å². The van der Waals surface area contributed by atoms with E-state index in [4.69, 9.17) is 0 Å². The lowest BCUT2D eigenvalue weighted by atomic mass is 9.81. The number of hydrogen-bond acceptors (Lipinski definition) is 1. The van der Waals surface area contributed by atoms with E-state index < -0.39 is 0 Å². The summed E-state index contributed by atoms with van der Waals surface area (Å²) in [6.45, 7) is 4.78. The predicted molar refractivity (Wildman–Crippen MR) is 230 cm³/mol. The molecule has 0 saturated carbocycles. The molecule has 0 saturated heterocycles. The summed E-state index contributed by atoms with van der Waals surface area (Å²) in [6.07, 6.45) is 0. The quantitative estimate of drug-likeness (QED) is 0.168. The van der Waals surface area contributed by atoms with E-state index in [-0.39, 0.29) is 5.41 Å². The van der Waals surface area contributed by atoms with Crippen LogP contribution in [-0.4, -0.2) is 0 Å². The van der Waals surface area contributed by atoms with Crippen molar-refractivity contribution in [2.75, 3.05) is 4.90 Å². The van der Waals surface area contributed by atoms with E-state index in [0.29, 0.717) is 0 Å². The average Bonchev–Trinajstić information content (AvgIpc) is 3.47. The molecule has 0 amide bonds. The van der Waals surface area contributed by atoms with E-state index in [1.54, 1.807) is 0 Å². The molecule has 1 aliphatic rings. The van der Waals surface area contributed by atoms with E-state index in [0.717, 1.165) is 17.1 Å². The molecule has 0 aromatic heterocycles. The number of benzene rings is 9. The summed E-state index contributed by atoms with van der Waals surface area (Å²) < 4.78 is 0. The Labute approximate surface area is 317 Å². The van der Waals surface area contributed by atoms with Crippen LogP contribution in [0.5, 0.6) is 0 Å². The van der Waals surface area contributed by atoms with Gasteiger partial charge in [0.25, 0.3) is 0 Å². The topological polar surface area (TPSA) is 3.24 Å². The van der Waals surface area contributed by atoms with Gasteiger partial charge in [0.15, 0.2) is 0 Å². The lowest BCUT2D eigenvalue weighted by molar-refractivity contribution is 0.660. The maximum atomic E-state index is 2.47. The zero-order valence-electron chi connectivity index (χ0n) is 30.5. The van der Waals surface area contributed by atoms with Crippen molar-refractivity contribution in [2.24, 2.45) is 0 Å². The molecule has 0 aliphatic heterocycles. The molecule has 0 fully saturated rings. The van der Waals surface area contributed by atoms with Gasteiger partial charge < -0.3 is 4.90 Å². The molecule has 0 N–H and O–H groups in total. The summed E-state index contributed by atoms with van der Waals surface area (Å²) >= 11 is 0. The summed E-state index contributed by atoms with van der Waals surface area (Å²) in [7, 11) is 0. The third-order valence-electron chi connectivity index (χ3n) is 11.4. The summed E-state index contributed by atoms with van der Waals surface area (Å²) in [5, 5.41) is 4.99. The fourth-order valence-electron chi connectivity index (χ4n) is 8.72. The Morgan fingerprint density at radius 2 is 0.926 bits per heavy atom. The predicted octanol–water partition coefficient (Wildman–Crippen LogP) is 14.8. The van der Waals surface area contributed by atoms with E-state index in [1.165, 1.54) is 77.2 Å². The second kappa shape index (κ2) is 12.8. The van der Waals surface area contributed by atoms with Gasteiger partial charge in [0, 0.05) is 22.4 Å². The molecule has 10 rings (SSSR count). The fourth-order valence-corrected chi connectivity index (χ4v) is 8.72. The molecular weight excluding hydrogens is 651 g/mol. The fraction of sp³-hybridized carbons (Fsp3) is 0.0566. The van der Waals surface area contributed by atoms with Gasteiger partial charge in [-0.3, -0.25) is 0 Å². The van der Waals surface area contributed by atoms with Gasteiger partial charge in [-0.15, -0.1) is 0 Å². The number of nitrogens with zero attached hydrogens (tertiary/aromatic N) is 1. The standard InChI is InChI=1S/C53H39N/c1-53(2)49-26-14-25-46(45-24-13-22-38-19-11-12-23-44(38)45)52(49)47-32-31-43(35-50(47)53)54(42-29-27-37(28-30-42)36-15-5-3-6-16-36)51-34-41-21-10-9-20-40(41)33-48(51)39-17-7-4-8-18-39/h3-35H,1-2H3. The highest BCUT2D eigenvalue weighted by atomic mass is 15.1. The van der Waals surface area contributed by atoms with Crippen LogP contribution in [0.1, 0.15) is 25.0 Å². The van der Waals surface area contributed by atoms with Crippen molar-refractivity contribution in [3.8, 4) is 44.5 Å². The van der Waals surface area contributed by atoms with Crippen molar-refractivity contribution in [1.82, 2.24) is 0 Å². The highest BCUT2D eigenvalue weighted by Crippen LogP contribution is 2.54. The van der Waals surface area contributed by atoms with Crippen molar-refractivity contribution in [2.45, 2.75) is 19.3 Å². The number of hydrogen-bond donors (Lipinski definition) is 0. The minimum absolute atomic E-state index is 0.199. The van der Waals surface area contributed by atoms with Crippen LogP contribution in [0.4, 0.5) is 17.1 Å². The van der Waals surface area contributed by atoms with Gasteiger partial charge in [0.1, 0.15) is 0 Å². The lowest BCUT2D eigenvalue weighted by Crippen LogP contribution is -2.17. The molecule has 9 aromatic carbocycles. The second-order valence-corrected chi connectivity index (χ2v) is 14.9. The van der Waals surface area contributed by atoms with Gasteiger partial charge in [-0.25, -0.2) is 0 Å². The zero-order valence-corrected chi connectivity index (χ0v) is 30.5. The highest BCUT2D eigenvalue weighted by molar-refractivity contribution is 6.04. The van der Waals surface area contributed by atoms with Crippen LogP contribution in [0.15, 0.2) is 200 Å². The van der Waals surface area contributed by atoms with Crippen LogP contribution in [0, 0.1) is 0 Å². The average molecular weight is 690 g/mol. The minimum Gasteiger partial charge on any atom is -0.310 e. The number of fused-ring (bicyclic) bond motifs is 5. The SMILES string of the molecule is CC1(C)c2cc(N(c3ccc(-c4ccccc4)cc3)c3cc4ccccc4cc3-c3ccccc3)ccc2-c2c(-c3cccc4ccccc34)cccc21. The zero-order chi connectivity index (χ0) is 36.2. The van der Waals surface area contributed by atoms with Gasteiger partial charge >= 0.3 is 0 Å². The first-order valence-electron chi connectivity index (χ1n) is 18.8. The Morgan fingerprint density at radius 3 is 1.69 bits per heavy atom. The van der Waals surface area contributed by atoms with Crippen LogP contribution in [0.2, 0.25) is 0 Å². The Balaban J connectivity index is 1.20. The maximum Gasteiger partial charge on any atom is 0.0546 e. The van der Waals surface area contributed by atoms with E-state index in [2.05, 4.69) is 219 Å². The van der Waals surface area contributed by atoms with Crippen molar-refractivity contribution < 1.29 is 0 Å². The van der Waals surface area contributed by atoms with Crippen LogP contribution in [-0.2, 0) is 5.41 Å². The van der Waals surface area contributed by atoms with Gasteiger partial charge in [0.2, 0.25) is 0 Å². The molecule has 0 unspecified atom stereocenters. The van der Waals surface area contributed by atoms with Crippen molar-refractivity contribution >= 4 is 38.6 Å². The van der Waals surface area contributed by atoms with Crippen LogP contribution >= 0.6 is 0 Å². The summed E-state index contributed by atoms with van der Waals surface area (Å²) in [4.78, 5) is 2.47. The van der Waals surface area contributed by atoms with Gasteiger partial charge in [-0.1, -0.05) is 178 Å². The largest absolute Gasteiger partial charge is 0.310 e. The van der Waals surface area contributed by atoms with Gasteiger partial charge in [-0.2, -0.15) is 0 Å². The minimum atomic E-state index is -0.199. The molecule has 9 aromatic rings. The summed E-state index contributed by atoms with van der Waals surface area (Å²) in [5.74, 6) is 0. The Morgan fingerprint density at radius 1 is 0.352 bits per heavy atom. The normalized spacial score (nSPS) is 12.8. The summed E-state index contributed by atoms with van der Waals surface area (Å²) in [6, 6.07) is 73.4. The van der Waals surface area contributed by atoms with Gasteiger partial charge in [0.05, 0.1) is 5.69 Å². The first-order valence-corrected chi connectivity index (χ1v) is 18.8. The third kappa shape index (κ3) is 5.24. The molecule has 0 atom stereocenters. The first kappa shape index (κ1) is 32.0. The molecule has 0 spiro atoms. The Hall–Kier alpha value is -6.70. The maximum absolute atomic E-state index is 2.47. The molecular formula is C53H39N. The molecule has 0 radical (unpaired) electrons.